The molecular formula is C16H27ClN2O3. The number of nitrogens with one attached hydrogen (secondary N) is 2. The minimum Gasteiger partial charge on any atom is -0.494 e. The van der Waals surface area contributed by atoms with Crippen LogP contribution in [0.4, 0.5) is 0 Å². The highest BCUT2D eigenvalue weighted by molar-refractivity contribution is 5.85. The van der Waals surface area contributed by atoms with Gasteiger partial charge < -0.3 is 20.1 Å². The number of hydrogen-bond donors (Lipinski definition) is 2. The molecule has 1 atom stereocenters. The molecule has 1 aromatic rings. The number of carbonyl (C=O) groups is 1. The molecule has 0 saturated carbocycles. The second-order valence-electron chi connectivity index (χ2n) is 4.67. The van der Waals surface area contributed by atoms with Gasteiger partial charge in [-0.15, -0.1) is 12.4 Å². The molecule has 0 aliphatic rings. The third-order valence-corrected chi connectivity index (χ3v) is 3.11. The zero-order valence-corrected chi connectivity index (χ0v) is 14.4. The van der Waals surface area contributed by atoms with Crippen LogP contribution >= 0.6 is 12.4 Å². The summed E-state index contributed by atoms with van der Waals surface area (Å²) in [6.07, 6.45) is 0.813. The van der Waals surface area contributed by atoms with E-state index in [0.29, 0.717) is 19.8 Å². The van der Waals surface area contributed by atoms with Crippen LogP contribution in [-0.2, 0) is 9.53 Å². The van der Waals surface area contributed by atoms with E-state index in [1.54, 1.807) is 7.11 Å². The van der Waals surface area contributed by atoms with Gasteiger partial charge in [0.15, 0.2) is 0 Å². The molecule has 0 fully saturated rings. The zero-order chi connectivity index (χ0) is 15.5. The lowest BCUT2D eigenvalue weighted by molar-refractivity contribution is -0.121. The van der Waals surface area contributed by atoms with E-state index in [1.165, 1.54) is 0 Å². The van der Waals surface area contributed by atoms with Crippen LogP contribution in [0.25, 0.3) is 0 Å². The van der Waals surface area contributed by atoms with Gasteiger partial charge in [0.2, 0.25) is 5.91 Å². The van der Waals surface area contributed by atoms with Crippen LogP contribution in [0.3, 0.4) is 0 Å². The van der Waals surface area contributed by atoms with Crippen molar-refractivity contribution < 1.29 is 14.3 Å². The van der Waals surface area contributed by atoms with Gasteiger partial charge in [-0.1, -0.05) is 25.1 Å². The van der Waals surface area contributed by atoms with E-state index in [9.17, 15) is 4.79 Å². The Bertz CT molecular complexity index is 430. The second kappa shape index (κ2) is 12.3. The molecule has 5 nitrogen and oxygen atoms in total. The SMILES string of the molecule is CCOc1ccccc1C(CC)NC(=O)CNCCOC.Cl. The Kier molecular flexibility index (Phi) is 11.5. The minimum absolute atomic E-state index is 0. The van der Waals surface area contributed by atoms with Gasteiger partial charge in [0.05, 0.1) is 25.8 Å². The van der Waals surface area contributed by atoms with Crippen molar-refractivity contribution in [2.75, 3.05) is 33.4 Å². The smallest absolute Gasteiger partial charge is 0.234 e. The highest BCUT2D eigenvalue weighted by atomic mass is 35.5. The number of benzene rings is 1. The van der Waals surface area contributed by atoms with E-state index in [1.807, 2.05) is 38.1 Å². The molecule has 0 radical (unpaired) electrons. The molecule has 6 heteroatoms. The van der Waals surface area contributed by atoms with Gasteiger partial charge in [-0.3, -0.25) is 4.79 Å². The number of amides is 1. The van der Waals surface area contributed by atoms with Crippen LogP contribution in [0, 0.1) is 0 Å². The lowest BCUT2D eigenvalue weighted by Gasteiger charge is -2.20. The summed E-state index contributed by atoms with van der Waals surface area (Å²) in [5.74, 6) is 0.809. The van der Waals surface area contributed by atoms with Crippen LogP contribution in [0.1, 0.15) is 31.9 Å². The van der Waals surface area contributed by atoms with Gasteiger partial charge >= 0.3 is 0 Å². The van der Waals surface area contributed by atoms with E-state index in [0.717, 1.165) is 17.7 Å². The first-order valence-electron chi connectivity index (χ1n) is 7.43. The van der Waals surface area contributed by atoms with Crippen molar-refractivity contribution in [3.63, 3.8) is 0 Å². The fourth-order valence-corrected chi connectivity index (χ4v) is 2.08. The molecule has 0 heterocycles. The maximum Gasteiger partial charge on any atom is 0.234 e. The molecule has 1 aromatic carbocycles. The molecule has 1 unspecified atom stereocenters. The molecule has 1 amide bonds. The predicted octanol–water partition coefficient (Wildman–Crippen LogP) is 2.31. The van der Waals surface area contributed by atoms with Crippen LogP contribution in [0.5, 0.6) is 5.75 Å². The monoisotopic (exact) mass is 330 g/mol. The summed E-state index contributed by atoms with van der Waals surface area (Å²) in [5.41, 5.74) is 1.02. The molecule has 22 heavy (non-hydrogen) atoms. The lowest BCUT2D eigenvalue weighted by Crippen LogP contribution is -2.37. The summed E-state index contributed by atoms with van der Waals surface area (Å²) in [6, 6.07) is 7.80. The predicted molar refractivity (Wildman–Crippen MR) is 90.8 cm³/mol. The number of para-hydroxylation sites is 1. The van der Waals surface area contributed by atoms with E-state index in [2.05, 4.69) is 10.6 Å². The Morgan fingerprint density at radius 3 is 2.64 bits per heavy atom. The van der Waals surface area contributed by atoms with E-state index < -0.39 is 0 Å². The van der Waals surface area contributed by atoms with Crippen LogP contribution in [-0.4, -0.2) is 39.3 Å². The highest BCUT2D eigenvalue weighted by Crippen LogP contribution is 2.27. The fourth-order valence-electron chi connectivity index (χ4n) is 2.08. The summed E-state index contributed by atoms with van der Waals surface area (Å²) in [5, 5.41) is 6.07. The van der Waals surface area contributed by atoms with Crippen molar-refractivity contribution in [2.24, 2.45) is 0 Å². The average molecular weight is 331 g/mol. The third kappa shape index (κ3) is 7.11. The van der Waals surface area contributed by atoms with Gasteiger partial charge in [0.1, 0.15) is 5.75 Å². The maximum atomic E-state index is 12.0. The van der Waals surface area contributed by atoms with E-state index in [4.69, 9.17) is 9.47 Å². The van der Waals surface area contributed by atoms with Crippen molar-refractivity contribution in [1.82, 2.24) is 10.6 Å². The van der Waals surface area contributed by atoms with Crippen molar-refractivity contribution in [1.29, 1.82) is 0 Å². The van der Waals surface area contributed by atoms with Gasteiger partial charge in [0, 0.05) is 19.2 Å². The first-order chi connectivity index (χ1) is 10.2. The normalized spacial score (nSPS) is 11.4. The molecule has 0 aromatic heterocycles. The lowest BCUT2D eigenvalue weighted by atomic mass is 10.0. The molecule has 126 valence electrons. The average Bonchev–Trinajstić information content (AvgIpc) is 2.50. The molecule has 0 saturated heterocycles. The van der Waals surface area contributed by atoms with Crippen LogP contribution in [0.2, 0.25) is 0 Å². The Balaban J connectivity index is 0.00000441. The molecule has 2 N–H and O–H groups in total. The van der Waals surface area contributed by atoms with Gasteiger partial charge in [-0.25, -0.2) is 0 Å². The van der Waals surface area contributed by atoms with E-state index >= 15 is 0 Å². The number of ether oxygens (including phenoxy) is 2. The summed E-state index contributed by atoms with van der Waals surface area (Å²) >= 11 is 0. The first kappa shape index (κ1) is 20.7. The number of carbonyl (C=O) groups excluding carboxylic acids is 1. The minimum atomic E-state index is -0.0375. The Labute approximate surface area is 139 Å². The van der Waals surface area contributed by atoms with E-state index in [-0.39, 0.29) is 30.9 Å². The first-order valence-corrected chi connectivity index (χ1v) is 7.43. The second-order valence-corrected chi connectivity index (χ2v) is 4.67. The summed E-state index contributed by atoms with van der Waals surface area (Å²) < 4.78 is 10.6. The topological polar surface area (TPSA) is 59.6 Å². The molecule has 0 aliphatic heterocycles. The van der Waals surface area contributed by atoms with Crippen molar-refractivity contribution in [2.45, 2.75) is 26.3 Å². The molecule has 0 bridgehead atoms. The number of halogens is 1. The van der Waals surface area contributed by atoms with Crippen molar-refractivity contribution >= 4 is 18.3 Å². The summed E-state index contributed by atoms with van der Waals surface area (Å²) in [4.78, 5) is 12.0. The van der Waals surface area contributed by atoms with Crippen LogP contribution in [0.15, 0.2) is 24.3 Å². The third-order valence-electron chi connectivity index (χ3n) is 3.11. The molecular weight excluding hydrogens is 304 g/mol. The quantitative estimate of drug-likeness (QED) is 0.646. The summed E-state index contributed by atoms with van der Waals surface area (Å²) in [7, 11) is 1.64. The van der Waals surface area contributed by atoms with Crippen molar-refractivity contribution in [3.05, 3.63) is 29.8 Å². The molecule has 0 spiro atoms. The van der Waals surface area contributed by atoms with Crippen molar-refractivity contribution in [3.8, 4) is 5.75 Å². The van der Waals surface area contributed by atoms with Gasteiger partial charge in [-0.05, 0) is 19.4 Å². The highest BCUT2D eigenvalue weighted by Gasteiger charge is 2.16. The molecule has 1 rings (SSSR count). The van der Waals surface area contributed by atoms with Gasteiger partial charge in [-0.2, -0.15) is 0 Å². The standard InChI is InChI=1S/C16H26N2O3.ClH/c1-4-14(18-16(19)12-17-10-11-20-3)13-8-6-7-9-15(13)21-5-2;/h6-9,14,17H,4-5,10-12H2,1-3H3,(H,18,19);1H. The van der Waals surface area contributed by atoms with Gasteiger partial charge in [0.25, 0.3) is 0 Å². The Hall–Kier alpha value is -1.30. The number of methoxy groups -OCH3 is 1. The zero-order valence-electron chi connectivity index (χ0n) is 13.6. The maximum absolute atomic E-state index is 12.0. The summed E-state index contributed by atoms with van der Waals surface area (Å²) in [6.45, 7) is 6.16. The Morgan fingerprint density at radius 2 is 2.00 bits per heavy atom. The Morgan fingerprint density at radius 1 is 1.27 bits per heavy atom. The fraction of sp³-hybridized carbons (Fsp3) is 0.562. The number of rotatable bonds is 10. The van der Waals surface area contributed by atoms with Crippen LogP contribution < -0.4 is 15.4 Å². The molecule has 0 aliphatic carbocycles. The largest absolute Gasteiger partial charge is 0.494 e. The number of hydrogen-bond acceptors (Lipinski definition) is 4.